The van der Waals surface area contributed by atoms with E-state index in [-0.39, 0.29) is 31.0 Å². The van der Waals surface area contributed by atoms with E-state index in [4.69, 9.17) is 4.74 Å². The lowest BCUT2D eigenvalue weighted by atomic mass is 10.0. The molecule has 0 spiro atoms. The zero-order valence-electron chi connectivity index (χ0n) is 13.2. The maximum Gasteiger partial charge on any atom is 0.271 e. The van der Waals surface area contributed by atoms with Crippen molar-refractivity contribution >= 4 is 5.91 Å². The minimum absolute atomic E-state index is 0.0781. The SMILES string of the molecule is COC[C@@H]1CC(F)(F)CN1C1CCN(C(=O)c2cnc[nH]2)CC1. The molecular formula is C15H22F2N4O2. The molecule has 0 unspecified atom stereocenters. The molecule has 23 heavy (non-hydrogen) atoms. The number of hydrogen-bond donors (Lipinski definition) is 1. The predicted octanol–water partition coefficient (Wildman–Crippen LogP) is 1.37. The molecule has 3 rings (SSSR count). The molecule has 0 aromatic carbocycles. The van der Waals surface area contributed by atoms with Gasteiger partial charge in [-0.05, 0) is 12.8 Å². The van der Waals surface area contributed by atoms with Gasteiger partial charge in [0.2, 0.25) is 0 Å². The lowest BCUT2D eigenvalue weighted by Gasteiger charge is -2.38. The summed E-state index contributed by atoms with van der Waals surface area (Å²) in [5, 5.41) is 0. The molecule has 2 saturated heterocycles. The third kappa shape index (κ3) is 3.53. The molecule has 3 heterocycles. The van der Waals surface area contributed by atoms with Gasteiger partial charge in [0.1, 0.15) is 5.69 Å². The van der Waals surface area contributed by atoms with E-state index in [9.17, 15) is 13.6 Å². The Morgan fingerprint density at radius 1 is 1.48 bits per heavy atom. The van der Waals surface area contributed by atoms with Crippen molar-refractivity contribution in [3.05, 3.63) is 18.2 Å². The van der Waals surface area contributed by atoms with Gasteiger partial charge in [0.05, 0.1) is 25.7 Å². The molecule has 0 bridgehead atoms. The van der Waals surface area contributed by atoms with Crippen molar-refractivity contribution in [3.63, 3.8) is 0 Å². The number of hydrogen-bond acceptors (Lipinski definition) is 4. The first kappa shape index (κ1) is 16.3. The number of aromatic nitrogens is 2. The topological polar surface area (TPSA) is 61.5 Å². The number of likely N-dealkylation sites (tertiary alicyclic amines) is 2. The van der Waals surface area contributed by atoms with E-state index >= 15 is 0 Å². The summed E-state index contributed by atoms with van der Waals surface area (Å²) in [5.74, 6) is -2.73. The monoisotopic (exact) mass is 328 g/mol. The average Bonchev–Trinajstić information content (AvgIpc) is 3.15. The minimum Gasteiger partial charge on any atom is -0.383 e. The van der Waals surface area contributed by atoms with Crippen LogP contribution >= 0.6 is 0 Å². The summed E-state index contributed by atoms with van der Waals surface area (Å²) in [6.45, 7) is 1.26. The van der Waals surface area contributed by atoms with E-state index in [2.05, 4.69) is 9.97 Å². The fourth-order valence-electron chi connectivity index (χ4n) is 3.64. The Bertz CT molecular complexity index is 530. The largest absolute Gasteiger partial charge is 0.383 e. The van der Waals surface area contributed by atoms with Gasteiger partial charge in [-0.15, -0.1) is 0 Å². The van der Waals surface area contributed by atoms with Crippen molar-refractivity contribution in [2.24, 2.45) is 0 Å². The van der Waals surface area contributed by atoms with Gasteiger partial charge in [0.25, 0.3) is 11.8 Å². The fourth-order valence-corrected chi connectivity index (χ4v) is 3.64. The van der Waals surface area contributed by atoms with Gasteiger partial charge in [-0.3, -0.25) is 9.69 Å². The molecular weight excluding hydrogens is 306 g/mol. The van der Waals surface area contributed by atoms with Crippen LogP contribution in [0.25, 0.3) is 0 Å². The number of halogens is 2. The van der Waals surface area contributed by atoms with Crippen molar-refractivity contribution in [3.8, 4) is 0 Å². The summed E-state index contributed by atoms with van der Waals surface area (Å²) in [7, 11) is 1.54. The highest BCUT2D eigenvalue weighted by Crippen LogP contribution is 2.35. The number of imidazole rings is 1. The van der Waals surface area contributed by atoms with Crippen LogP contribution in [0.1, 0.15) is 29.8 Å². The van der Waals surface area contributed by atoms with E-state index in [1.807, 2.05) is 4.90 Å². The molecule has 2 aliphatic heterocycles. The molecule has 0 saturated carbocycles. The number of carbonyl (C=O) groups is 1. The number of methoxy groups -OCH3 is 1. The van der Waals surface area contributed by atoms with Crippen LogP contribution in [0.2, 0.25) is 0 Å². The summed E-state index contributed by atoms with van der Waals surface area (Å²) in [5.41, 5.74) is 0.466. The van der Waals surface area contributed by atoms with Crippen molar-refractivity contribution in [2.45, 2.75) is 37.3 Å². The van der Waals surface area contributed by atoms with E-state index < -0.39 is 5.92 Å². The molecule has 128 valence electrons. The third-order valence-corrected chi connectivity index (χ3v) is 4.73. The number of amides is 1. The second kappa shape index (κ2) is 6.52. The molecule has 0 radical (unpaired) electrons. The summed E-state index contributed by atoms with van der Waals surface area (Å²) in [6.07, 6.45) is 4.24. The molecule has 1 aromatic heterocycles. The maximum absolute atomic E-state index is 13.7. The molecule has 1 atom stereocenters. The Morgan fingerprint density at radius 2 is 2.22 bits per heavy atom. The number of piperidine rings is 1. The Hall–Kier alpha value is -1.54. The van der Waals surface area contributed by atoms with Crippen molar-refractivity contribution in [2.75, 3.05) is 33.4 Å². The van der Waals surface area contributed by atoms with Gasteiger partial charge >= 0.3 is 0 Å². The Labute approximate surface area is 133 Å². The van der Waals surface area contributed by atoms with Gasteiger partial charge in [-0.25, -0.2) is 13.8 Å². The van der Waals surface area contributed by atoms with Crippen LogP contribution < -0.4 is 0 Å². The third-order valence-electron chi connectivity index (χ3n) is 4.73. The standard InChI is InChI=1S/C15H22F2N4O2/c1-23-8-12-6-15(16,17)9-21(12)11-2-4-20(5-3-11)14(22)13-7-18-10-19-13/h7,10-12H,2-6,8-9H2,1H3,(H,18,19)/t12-/m0/s1. The maximum atomic E-state index is 13.7. The van der Waals surface area contributed by atoms with E-state index in [1.54, 1.807) is 12.0 Å². The van der Waals surface area contributed by atoms with Gasteiger partial charge < -0.3 is 14.6 Å². The van der Waals surface area contributed by atoms with Crippen molar-refractivity contribution < 1.29 is 18.3 Å². The minimum atomic E-state index is -2.65. The summed E-state index contributed by atoms with van der Waals surface area (Å²) in [6, 6.07) is -0.163. The first-order chi connectivity index (χ1) is 11.0. The molecule has 1 aromatic rings. The van der Waals surface area contributed by atoms with E-state index in [0.29, 0.717) is 38.2 Å². The van der Waals surface area contributed by atoms with Crippen LogP contribution in [0, 0.1) is 0 Å². The number of nitrogens with zero attached hydrogens (tertiary/aromatic N) is 3. The first-order valence-electron chi connectivity index (χ1n) is 7.90. The average molecular weight is 328 g/mol. The molecule has 0 aliphatic carbocycles. The van der Waals surface area contributed by atoms with Crippen LogP contribution in [0.4, 0.5) is 8.78 Å². The first-order valence-corrected chi connectivity index (χ1v) is 7.90. The highest BCUT2D eigenvalue weighted by molar-refractivity contribution is 5.92. The summed E-state index contributed by atoms with van der Waals surface area (Å²) < 4.78 is 32.6. The zero-order valence-corrected chi connectivity index (χ0v) is 13.2. The number of aromatic amines is 1. The highest BCUT2D eigenvalue weighted by atomic mass is 19.3. The van der Waals surface area contributed by atoms with E-state index in [0.717, 1.165) is 0 Å². The zero-order chi connectivity index (χ0) is 16.4. The number of rotatable bonds is 4. The van der Waals surface area contributed by atoms with Gasteiger partial charge in [-0.2, -0.15) is 0 Å². The normalized spacial score (nSPS) is 25.9. The van der Waals surface area contributed by atoms with Crippen LogP contribution in [0.5, 0.6) is 0 Å². The van der Waals surface area contributed by atoms with Gasteiger partial charge in [0.15, 0.2) is 0 Å². The number of carbonyl (C=O) groups excluding carboxylic acids is 1. The van der Waals surface area contributed by atoms with Crippen LogP contribution in [-0.4, -0.2) is 77.0 Å². The molecule has 8 heteroatoms. The smallest absolute Gasteiger partial charge is 0.271 e. The van der Waals surface area contributed by atoms with Crippen LogP contribution in [0.15, 0.2) is 12.5 Å². The second-order valence-corrected chi connectivity index (χ2v) is 6.33. The number of nitrogens with one attached hydrogen (secondary N) is 1. The molecule has 6 nitrogen and oxygen atoms in total. The van der Waals surface area contributed by atoms with E-state index in [1.165, 1.54) is 12.5 Å². The number of alkyl halides is 2. The second-order valence-electron chi connectivity index (χ2n) is 6.33. The highest BCUT2D eigenvalue weighted by Gasteiger charge is 2.47. The summed E-state index contributed by atoms with van der Waals surface area (Å²) in [4.78, 5) is 22.6. The fraction of sp³-hybridized carbons (Fsp3) is 0.733. The Morgan fingerprint density at radius 3 is 2.83 bits per heavy atom. The molecule has 1 N–H and O–H groups in total. The van der Waals surface area contributed by atoms with Crippen LogP contribution in [-0.2, 0) is 4.74 Å². The molecule has 2 aliphatic rings. The predicted molar refractivity (Wildman–Crippen MR) is 79.4 cm³/mol. The van der Waals surface area contributed by atoms with Gasteiger partial charge in [0, 0.05) is 38.7 Å². The Kier molecular flexibility index (Phi) is 4.63. The van der Waals surface area contributed by atoms with Crippen LogP contribution in [0.3, 0.4) is 0 Å². The quantitative estimate of drug-likeness (QED) is 0.907. The van der Waals surface area contributed by atoms with Gasteiger partial charge in [-0.1, -0.05) is 0 Å². The summed E-state index contributed by atoms with van der Waals surface area (Å²) >= 11 is 0. The molecule has 1 amide bonds. The van der Waals surface area contributed by atoms with Crippen molar-refractivity contribution in [1.29, 1.82) is 0 Å². The molecule has 2 fully saturated rings. The lowest BCUT2D eigenvalue weighted by molar-refractivity contribution is 0.00283. The van der Waals surface area contributed by atoms with Crippen molar-refractivity contribution in [1.82, 2.24) is 19.8 Å². The number of H-pyrrole nitrogens is 1. The number of ether oxygens (including phenoxy) is 1. The lowest BCUT2D eigenvalue weighted by Crippen LogP contribution is -2.49. The Balaban J connectivity index is 1.59.